The smallest absolute Gasteiger partial charge is 0.267 e. The molecule has 0 aliphatic carbocycles. The molecule has 0 atom stereocenters. The van der Waals surface area contributed by atoms with E-state index in [2.05, 4.69) is 34.2 Å². The molecule has 0 saturated carbocycles. The van der Waals surface area contributed by atoms with E-state index in [1.54, 1.807) is 0 Å². The van der Waals surface area contributed by atoms with E-state index in [1.807, 2.05) is 45.6 Å². The van der Waals surface area contributed by atoms with E-state index in [0.29, 0.717) is 10.7 Å². The highest BCUT2D eigenvalue weighted by Gasteiger charge is 2.36. The number of fused-ring (bicyclic) bond motifs is 1. The number of nitrogens with two attached hydrogens (primary N) is 1. The first-order chi connectivity index (χ1) is 16.1. The van der Waals surface area contributed by atoms with Crippen LogP contribution in [0, 0.1) is 0 Å². The molecule has 0 unspecified atom stereocenters. The highest BCUT2D eigenvalue weighted by atomic mass is 35.5. The Kier molecular flexibility index (Phi) is 12.2. The van der Waals surface area contributed by atoms with Gasteiger partial charge in [0, 0.05) is 29.0 Å². The molecule has 2 aromatic rings. The number of hydrogen-bond donors (Lipinski definition) is 2. The van der Waals surface area contributed by atoms with Crippen molar-refractivity contribution in [3.05, 3.63) is 53.2 Å². The molecule has 1 aromatic carbocycles. The molecule has 3 heterocycles. The molecule has 1 aromatic heterocycles. The van der Waals surface area contributed by atoms with Crippen LogP contribution in [-0.2, 0) is 14.3 Å². The molecule has 1 saturated heterocycles. The zero-order valence-electron chi connectivity index (χ0n) is 19.4. The van der Waals surface area contributed by atoms with Crippen molar-refractivity contribution in [2.24, 2.45) is 5.73 Å². The summed E-state index contributed by atoms with van der Waals surface area (Å²) < 4.78 is 6.29. The van der Waals surface area contributed by atoms with Crippen molar-refractivity contribution in [2.45, 2.75) is 45.1 Å². The van der Waals surface area contributed by atoms with Gasteiger partial charge >= 0.3 is 0 Å². The van der Waals surface area contributed by atoms with E-state index in [1.165, 1.54) is 0 Å². The lowest BCUT2D eigenvalue weighted by molar-refractivity contribution is -0.0987. The Hall–Kier alpha value is -2.90. The topological polar surface area (TPSA) is 105 Å². The van der Waals surface area contributed by atoms with Crippen LogP contribution in [0.25, 0.3) is 10.9 Å². The first kappa shape index (κ1) is 28.1. The van der Waals surface area contributed by atoms with Gasteiger partial charge in [0.2, 0.25) is 0 Å². The van der Waals surface area contributed by atoms with Gasteiger partial charge in [-0.15, -0.1) is 0 Å². The number of aromatic nitrogens is 1. The second kappa shape index (κ2) is 14.3. The molecular weight excluding hydrogens is 442 g/mol. The molecule has 3 N–H and O–H groups in total. The third-order valence-corrected chi connectivity index (χ3v) is 5.77. The first-order valence-corrected chi connectivity index (χ1v) is 11.4. The van der Waals surface area contributed by atoms with Crippen LogP contribution in [0.2, 0.25) is 5.02 Å². The summed E-state index contributed by atoms with van der Waals surface area (Å²) in [6.07, 6.45) is 12.2. The average Bonchev–Trinajstić information content (AvgIpc) is 3.28. The number of benzene rings is 1. The summed E-state index contributed by atoms with van der Waals surface area (Å²) in [4.78, 5) is 33.4. The minimum Gasteiger partial charge on any atom is -0.374 e. The summed E-state index contributed by atoms with van der Waals surface area (Å²) in [5, 5.41) is 1.58. The van der Waals surface area contributed by atoms with E-state index < -0.39 is 5.91 Å². The summed E-state index contributed by atoms with van der Waals surface area (Å²) >= 11 is 6.20. The standard InChI is InChI=1S/C21H24ClN3O2.C2H6.2CH2O/c22-15-6-7-17-16(14-15)19(18(24-17)20(23)26)25-11-9-21(10-12-25)8-4-2-1-3-5-13-27-21;3*1-2/h1-4,6-7,14,24H,5,8-13H2,(H2,23,26);1-2H3;2*1H2/b3-1-,4-2-;;;. The number of amides is 1. The Bertz CT molecular complexity index is 945. The number of carbonyl (C=O) groups excluding carboxylic acids is 3. The Morgan fingerprint density at radius 2 is 1.76 bits per heavy atom. The van der Waals surface area contributed by atoms with Crippen molar-refractivity contribution in [3.8, 4) is 0 Å². The zero-order chi connectivity index (χ0) is 24.9. The monoisotopic (exact) mass is 475 g/mol. The first-order valence-electron chi connectivity index (χ1n) is 11.0. The molecule has 1 fully saturated rings. The van der Waals surface area contributed by atoms with Crippen molar-refractivity contribution in [2.75, 3.05) is 24.6 Å². The van der Waals surface area contributed by atoms with Crippen LogP contribution >= 0.6 is 11.6 Å². The van der Waals surface area contributed by atoms with Crippen LogP contribution in [-0.4, -0.2) is 49.8 Å². The lowest BCUT2D eigenvalue weighted by Gasteiger charge is -2.42. The van der Waals surface area contributed by atoms with Crippen molar-refractivity contribution < 1.29 is 19.1 Å². The van der Waals surface area contributed by atoms with Gasteiger partial charge < -0.3 is 29.9 Å². The molecule has 2 aliphatic heterocycles. The number of nitrogens with zero attached hydrogens (tertiary/aromatic N) is 1. The molecule has 7 nitrogen and oxygen atoms in total. The molecule has 1 amide bonds. The van der Waals surface area contributed by atoms with Gasteiger partial charge in [-0.2, -0.15) is 0 Å². The number of rotatable bonds is 2. The van der Waals surface area contributed by atoms with Gasteiger partial charge in [0.25, 0.3) is 5.91 Å². The summed E-state index contributed by atoms with van der Waals surface area (Å²) in [5.74, 6) is -0.453. The van der Waals surface area contributed by atoms with Gasteiger partial charge in [-0.3, -0.25) is 4.79 Å². The second-order valence-corrected chi connectivity index (χ2v) is 7.71. The number of ether oxygens (including phenoxy) is 1. The van der Waals surface area contributed by atoms with Crippen LogP contribution in [0.4, 0.5) is 5.69 Å². The quantitative estimate of drug-likeness (QED) is 0.646. The van der Waals surface area contributed by atoms with Crippen LogP contribution in [0.15, 0.2) is 42.5 Å². The van der Waals surface area contributed by atoms with E-state index in [9.17, 15) is 4.79 Å². The molecular formula is C25H34ClN3O4. The predicted octanol–water partition coefficient (Wildman–Crippen LogP) is 4.84. The highest BCUT2D eigenvalue weighted by Crippen LogP contribution is 2.38. The molecule has 1 spiro atoms. The third-order valence-electron chi connectivity index (χ3n) is 5.54. The number of H-pyrrole nitrogens is 1. The Labute approximate surface area is 200 Å². The van der Waals surface area contributed by atoms with Gasteiger partial charge in [0.15, 0.2) is 0 Å². The number of allylic oxidation sites excluding steroid dienone is 2. The van der Waals surface area contributed by atoms with Crippen LogP contribution in [0.1, 0.15) is 50.0 Å². The maximum atomic E-state index is 12.0. The van der Waals surface area contributed by atoms with Crippen LogP contribution in [0.5, 0.6) is 0 Å². The number of piperidine rings is 1. The SMILES string of the molecule is C=O.C=O.CC.NC(=O)c1[nH]c2ccc(Cl)cc2c1N1CCC2(C/C=C\C=C/CCO2)CC1. The molecule has 4 rings (SSSR count). The summed E-state index contributed by atoms with van der Waals surface area (Å²) in [7, 11) is 0. The van der Waals surface area contributed by atoms with Crippen LogP contribution in [0.3, 0.4) is 0 Å². The number of halogens is 1. The van der Waals surface area contributed by atoms with Gasteiger partial charge in [-0.1, -0.05) is 49.8 Å². The molecule has 33 heavy (non-hydrogen) atoms. The van der Waals surface area contributed by atoms with Gasteiger partial charge in [-0.25, -0.2) is 0 Å². The fourth-order valence-electron chi connectivity index (χ4n) is 4.08. The number of hydrogen-bond acceptors (Lipinski definition) is 5. The summed E-state index contributed by atoms with van der Waals surface area (Å²) in [5.41, 5.74) is 7.69. The van der Waals surface area contributed by atoms with E-state index >= 15 is 0 Å². The lowest BCUT2D eigenvalue weighted by atomic mass is 9.87. The molecule has 8 heteroatoms. The maximum Gasteiger partial charge on any atom is 0.267 e. The van der Waals surface area contributed by atoms with Crippen molar-refractivity contribution in [1.29, 1.82) is 0 Å². The second-order valence-electron chi connectivity index (χ2n) is 7.27. The van der Waals surface area contributed by atoms with E-state index in [4.69, 9.17) is 31.7 Å². The third kappa shape index (κ3) is 7.04. The summed E-state index contributed by atoms with van der Waals surface area (Å²) in [6.45, 7) is 10.4. The van der Waals surface area contributed by atoms with E-state index in [-0.39, 0.29) is 5.60 Å². The fraction of sp³-hybridized carbons (Fsp3) is 0.400. The average molecular weight is 476 g/mol. The lowest BCUT2D eigenvalue weighted by Crippen LogP contribution is -2.46. The normalized spacial score (nSPS) is 18.6. The number of primary amides is 1. The van der Waals surface area contributed by atoms with Gasteiger partial charge in [-0.05, 0) is 43.9 Å². The van der Waals surface area contributed by atoms with Crippen LogP contribution < -0.4 is 10.6 Å². The molecule has 0 bridgehead atoms. The minimum absolute atomic E-state index is 0.129. The summed E-state index contributed by atoms with van der Waals surface area (Å²) in [6, 6.07) is 5.59. The van der Waals surface area contributed by atoms with Gasteiger partial charge in [0.05, 0.1) is 17.9 Å². The minimum atomic E-state index is -0.453. The fourth-order valence-corrected chi connectivity index (χ4v) is 4.25. The number of anilines is 1. The Morgan fingerprint density at radius 1 is 1.12 bits per heavy atom. The van der Waals surface area contributed by atoms with Gasteiger partial charge in [0.1, 0.15) is 19.3 Å². The molecule has 180 valence electrons. The zero-order valence-corrected chi connectivity index (χ0v) is 20.2. The van der Waals surface area contributed by atoms with E-state index in [0.717, 1.165) is 62.0 Å². The molecule has 0 radical (unpaired) electrons. The molecule has 2 aliphatic rings. The largest absolute Gasteiger partial charge is 0.374 e. The van der Waals surface area contributed by atoms with Crippen molar-refractivity contribution >= 4 is 47.7 Å². The van der Waals surface area contributed by atoms with Crippen molar-refractivity contribution in [3.63, 3.8) is 0 Å². The maximum absolute atomic E-state index is 12.0. The van der Waals surface area contributed by atoms with Crippen molar-refractivity contribution in [1.82, 2.24) is 4.98 Å². The predicted molar refractivity (Wildman–Crippen MR) is 135 cm³/mol. The number of nitrogens with one attached hydrogen (secondary N) is 1. The number of carbonyl (C=O) groups is 3. The Morgan fingerprint density at radius 3 is 2.39 bits per heavy atom. The highest BCUT2D eigenvalue weighted by molar-refractivity contribution is 6.31. The number of aromatic amines is 1. The Balaban J connectivity index is 0.000000841.